The second kappa shape index (κ2) is 6.45. The van der Waals surface area contributed by atoms with Crippen molar-refractivity contribution in [3.63, 3.8) is 0 Å². The van der Waals surface area contributed by atoms with Crippen LogP contribution in [0.15, 0.2) is 46.8 Å². The van der Waals surface area contributed by atoms with Crippen molar-refractivity contribution in [3.8, 4) is 10.6 Å². The molecule has 2 aromatic heterocycles. The molecule has 0 aliphatic carbocycles. The molecule has 0 saturated heterocycles. The van der Waals surface area contributed by atoms with Crippen molar-refractivity contribution in [2.24, 2.45) is 0 Å². The third-order valence-electron chi connectivity index (χ3n) is 4.31. The van der Waals surface area contributed by atoms with Crippen molar-refractivity contribution < 1.29 is 4.79 Å². The number of nitrogens with one attached hydrogen (secondary N) is 2. The SMILES string of the molecule is CSc1sc(-c2ccn[nH]2)c2c1C(=O)NCC2Cc1ccccc1. The monoisotopic (exact) mass is 355 g/mol. The highest BCUT2D eigenvalue weighted by Gasteiger charge is 2.33. The predicted octanol–water partition coefficient (Wildman–Crippen LogP) is 3.93. The summed E-state index contributed by atoms with van der Waals surface area (Å²) in [6, 6.07) is 12.4. The highest BCUT2D eigenvalue weighted by molar-refractivity contribution is 8.00. The summed E-state index contributed by atoms with van der Waals surface area (Å²) in [6.45, 7) is 0.673. The van der Waals surface area contributed by atoms with Crippen molar-refractivity contribution >= 4 is 29.0 Å². The number of thiophene rings is 1. The van der Waals surface area contributed by atoms with E-state index in [1.54, 1.807) is 29.3 Å². The minimum absolute atomic E-state index is 0.0423. The van der Waals surface area contributed by atoms with E-state index in [-0.39, 0.29) is 11.8 Å². The summed E-state index contributed by atoms with van der Waals surface area (Å²) >= 11 is 3.32. The molecule has 122 valence electrons. The van der Waals surface area contributed by atoms with Gasteiger partial charge in [-0.2, -0.15) is 5.10 Å². The van der Waals surface area contributed by atoms with Crippen molar-refractivity contribution in [2.45, 2.75) is 16.5 Å². The van der Waals surface area contributed by atoms with Gasteiger partial charge in [0.15, 0.2) is 0 Å². The number of nitrogens with zero attached hydrogens (tertiary/aromatic N) is 1. The maximum Gasteiger partial charge on any atom is 0.253 e. The van der Waals surface area contributed by atoms with Gasteiger partial charge in [-0.1, -0.05) is 30.3 Å². The minimum Gasteiger partial charge on any atom is -0.351 e. The summed E-state index contributed by atoms with van der Waals surface area (Å²) in [5.41, 5.74) is 4.30. The fraction of sp³-hybridized carbons (Fsp3) is 0.222. The van der Waals surface area contributed by atoms with Crippen LogP contribution >= 0.6 is 23.1 Å². The molecule has 2 N–H and O–H groups in total. The van der Waals surface area contributed by atoms with Crippen LogP contribution in [0.1, 0.15) is 27.4 Å². The molecule has 1 unspecified atom stereocenters. The summed E-state index contributed by atoms with van der Waals surface area (Å²) in [5, 5.41) is 10.2. The molecule has 4 rings (SSSR count). The Labute approximate surface area is 148 Å². The van der Waals surface area contributed by atoms with E-state index in [0.717, 1.165) is 26.8 Å². The number of aromatic amines is 1. The zero-order valence-electron chi connectivity index (χ0n) is 13.2. The first-order valence-electron chi connectivity index (χ1n) is 7.80. The molecule has 6 heteroatoms. The predicted molar refractivity (Wildman–Crippen MR) is 98.9 cm³/mol. The van der Waals surface area contributed by atoms with E-state index in [9.17, 15) is 4.79 Å². The third-order valence-corrected chi connectivity index (χ3v) is 6.67. The Morgan fingerprint density at radius 3 is 2.83 bits per heavy atom. The smallest absolute Gasteiger partial charge is 0.253 e. The molecule has 1 aromatic carbocycles. The molecule has 0 spiro atoms. The molecular formula is C18H17N3OS2. The number of H-pyrrole nitrogens is 1. The second-order valence-electron chi connectivity index (χ2n) is 5.78. The van der Waals surface area contributed by atoms with Gasteiger partial charge in [0.2, 0.25) is 0 Å². The number of hydrogen-bond acceptors (Lipinski definition) is 4. The van der Waals surface area contributed by atoms with Gasteiger partial charge in [-0.3, -0.25) is 9.89 Å². The molecule has 1 aliphatic rings. The van der Waals surface area contributed by atoms with Crippen LogP contribution in [-0.4, -0.2) is 28.9 Å². The van der Waals surface area contributed by atoms with Crippen molar-refractivity contribution in [2.75, 3.05) is 12.8 Å². The Kier molecular flexibility index (Phi) is 4.16. The van der Waals surface area contributed by atoms with Crippen LogP contribution in [0.2, 0.25) is 0 Å². The van der Waals surface area contributed by atoms with Crippen LogP contribution in [-0.2, 0) is 6.42 Å². The zero-order valence-corrected chi connectivity index (χ0v) is 14.8. The summed E-state index contributed by atoms with van der Waals surface area (Å²) in [5.74, 6) is 0.316. The molecule has 24 heavy (non-hydrogen) atoms. The second-order valence-corrected chi connectivity index (χ2v) is 7.87. The van der Waals surface area contributed by atoms with E-state index in [1.165, 1.54) is 11.1 Å². The van der Waals surface area contributed by atoms with E-state index in [4.69, 9.17) is 0 Å². The first-order valence-corrected chi connectivity index (χ1v) is 9.84. The Hall–Kier alpha value is -2.05. The molecule has 1 atom stereocenters. The molecule has 3 heterocycles. The highest BCUT2D eigenvalue weighted by Crippen LogP contribution is 2.46. The van der Waals surface area contributed by atoms with Gasteiger partial charge in [0.25, 0.3) is 5.91 Å². The first kappa shape index (κ1) is 15.5. The van der Waals surface area contributed by atoms with Crippen LogP contribution < -0.4 is 5.32 Å². The van der Waals surface area contributed by atoms with Crippen LogP contribution in [0, 0.1) is 0 Å². The minimum atomic E-state index is 0.0423. The van der Waals surface area contributed by atoms with E-state index >= 15 is 0 Å². The number of carbonyl (C=O) groups excluding carboxylic acids is 1. The number of thioether (sulfide) groups is 1. The molecule has 0 saturated carbocycles. The van der Waals surface area contributed by atoms with Gasteiger partial charge in [-0.25, -0.2) is 0 Å². The molecule has 3 aromatic rings. The number of amides is 1. The largest absolute Gasteiger partial charge is 0.351 e. The topological polar surface area (TPSA) is 57.8 Å². The van der Waals surface area contributed by atoms with Gasteiger partial charge >= 0.3 is 0 Å². The maximum atomic E-state index is 12.5. The van der Waals surface area contributed by atoms with Crippen molar-refractivity contribution in [3.05, 3.63) is 59.3 Å². The van der Waals surface area contributed by atoms with Crippen LogP contribution in [0.4, 0.5) is 0 Å². The quantitative estimate of drug-likeness (QED) is 0.697. The standard InChI is InChI=1S/C18H17N3OS2/c1-23-18-15-14(16(24-18)13-7-8-20-21-13)12(10-19-17(15)22)9-11-5-3-2-4-6-11/h2-8,12H,9-10H2,1H3,(H,19,22)(H,20,21). The lowest BCUT2D eigenvalue weighted by Gasteiger charge is -2.25. The Morgan fingerprint density at radius 1 is 1.29 bits per heavy atom. The summed E-state index contributed by atoms with van der Waals surface area (Å²) < 4.78 is 1.07. The van der Waals surface area contributed by atoms with Crippen molar-refractivity contribution in [1.29, 1.82) is 0 Å². The van der Waals surface area contributed by atoms with E-state index in [0.29, 0.717) is 6.54 Å². The zero-order chi connectivity index (χ0) is 16.5. The average Bonchev–Trinajstić information content (AvgIpc) is 3.26. The van der Waals surface area contributed by atoms with Gasteiger partial charge in [0.1, 0.15) is 0 Å². The molecule has 0 fully saturated rings. The first-order chi connectivity index (χ1) is 11.8. The Bertz CT molecular complexity index is 856. The highest BCUT2D eigenvalue weighted by atomic mass is 32.2. The number of benzene rings is 1. The van der Waals surface area contributed by atoms with E-state index in [2.05, 4.69) is 39.8 Å². The lowest BCUT2D eigenvalue weighted by molar-refractivity contribution is 0.0938. The summed E-state index contributed by atoms with van der Waals surface area (Å²) in [7, 11) is 0. The number of carbonyl (C=O) groups is 1. The van der Waals surface area contributed by atoms with E-state index < -0.39 is 0 Å². The van der Waals surface area contributed by atoms with Gasteiger partial charge in [-0.05, 0) is 29.9 Å². The van der Waals surface area contributed by atoms with E-state index in [1.807, 2.05) is 18.4 Å². The molecular weight excluding hydrogens is 338 g/mol. The number of rotatable bonds is 4. The molecule has 1 amide bonds. The Balaban J connectivity index is 1.83. The number of fused-ring (bicyclic) bond motifs is 1. The summed E-state index contributed by atoms with van der Waals surface area (Å²) in [4.78, 5) is 13.6. The van der Waals surface area contributed by atoms with Gasteiger partial charge < -0.3 is 5.32 Å². The molecule has 0 bridgehead atoms. The normalized spacial score (nSPS) is 16.7. The van der Waals surface area contributed by atoms with Crippen molar-refractivity contribution in [1.82, 2.24) is 15.5 Å². The number of aromatic nitrogens is 2. The Morgan fingerprint density at radius 2 is 2.12 bits per heavy atom. The van der Waals surface area contributed by atoms with Crippen LogP contribution in [0.25, 0.3) is 10.6 Å². The fourth-order valence-electron chi connectivity index (χ4n) is 3.23. The third kappa shape index (κ3) is 2.65. The lowest BCUT2D eigenvalue weighted by Crippen LogP contribution is -2.35. The van der Waals surface area contributed by atoms with Crippen LogP contribution in [0.5, 0.6) is 0 Å². The molecule has 0 radical (unpaired) electrons. The average molecular weight is 355 g/mol. The molecule has 1 aliphatic heterocycles. The van der Waals surface area contributed by atoms with Gasteiger partial charge in [0.05, 0.1) is 20.3 Å². The summed E-state index contributed by atoms with van der Waals surface area (Å²) in [6.07, 6.45) is 4.70. The van der Waals surface area contributed by atoms with Gasteiger partial charge in [0, 0.05) is 18.7 Å². The number of hydrogen-bond donors (Lipinski definition) is 2. The van der Waals surface area contributed by atoms with Crippen LogP contribution in [0.3, 0.4) is 0 Å². The molecule has 4 nitrogen and oxygen atoms in total. The lowest BCUT2D eigenvalue weighted by atomic mass is 9.86. The van der Waals surface area contributed by atoms with Gasteiger partial charge in [-0.15, -0.1) is 23.1 Å². The fourth-order valence-corrected chi connectivity index (χ4v) is 5.31. The maximum absolute atomic E-state index is 12.5.